The first kappa shape index (κ1) is 13.9. The van der Waals surface area contributed by atoms with Crippen molar-refractivity contribution in [1.29, 1.82) is 0 Å². The van der Waals surface area contributed by atoms with Gasteiger partial charge in [-0.25, -0.2) is 4.68 Å². The lowest BCUT2D eigenvalue weighted by molar-refractivity contribution is 0.364. The van der Waals surface area contributed by atoms with E-state index in [1.165, 1.54) is 0 Å². The molecule has 0 bridgehead atoms. The van der Waals surface area contributed by atoms with Crippen molar-refractivity contribution in [2.45, 2.75) is 32.4 Å². The van der Waals surface area contributed by atoms with Gasteiger partial charge in [0.15, 0.2) is 0 Å². The summed E-state index contributed by atoms with van der Waals surface area (Å²) in [5, 5.41) is 14.1. The fraction of sp³-hybridized carbons (Fsp3) is 0.385. The van der Waals surface area contributed by atoms with Crippen LogP contribution < -0.4 is 5.73 Å². The van der Waals surface area contributed by atoms with Crippen LogP contribution in [0.25, 0.3) is 10.7 Å². The highest BCUT2D eigenvalue weighted by atomic mass is 32.1. The maximum absolute atomic E-state index is 6.01. The molecular formula is C13H16N6OS. The van der Waals surface area contributed by atoms with Gasteiger partial charge < -0.3 is 10.3 Å². The molecule has 7 nitrogen and oxygen atoms in total. The third-order valence-electron chi connectivity index (χ3n) is 3.04. The minimum atomic E-state index is -0.0758. The molecular weight excluding hydrogens is 288 g/mol. The molecule has 21 heavy (non-hydrogen) atoms. The summed E-state index contributed by atoms with van der Waals surface area (Å²) < 4.78 is 6.90. The van der Waals surface area contributed by atoms with E-state index in [4.69, 9.17) is 10.3 Å². The Bertz CT molecular complexity index is 689. The van der Waals surface area contributed by atoms with Crippen LogP contribution in [-0.2, 0) is 6.54 Å². The summed E-state index contributed by atoms with van der Waals surface area (Å²) >= 11 is 1.57. The molecule has 0 fully saturated rings. The maximum atomic E-state index is 6.01. The fourth-order valence-electron chi connectivity index (χ4n) is 1.98. The minimum absolute atomic E-state index is 0.0758. The highest BCUT2D eigenvalue weighted by Gasteiger charge is 2.13. The zero-order valence-electron chi connectivity index (χ0n) is 11.6. The molecule has 0 aromatic carbocycles. The van der Waals surface area contributed by atoms with Crippen LogP contribution in [0.2, 0.25) is 0 Å². The quantitative estimate of drug-likeness (QED) is 0.750. The van der Waals surface area contributed by atoms with Crippen molar-refractivity contribution in [2.24, 2.45) is 5.73 Å². The van der Waals surface area contributed by atoms with Crippen LogP contribution in [0.1, 0.15) is 37.4 Å². The van der Waals surface area contributed by atoms with Gasteiger partial charge in [-0.15, -0.1) is 16.4 Å². The van der Waals surface area contributed by atoms with Crippen LogP contribution in [0, 0.1) is 0 Å². The number of hydrogen-bond acceptors (Lipinski definition) is 7. The summed E-state index contributed by atoms with van der Waals surface area (Å²) in [4.78, 5) is 5.33. The second-order valence-electron chi connectivity index (χ2n) is 4.73. The van der Waals surface area contributed by atoms with Crippen molar-refractivity contribution in [2.75, 3.05) is 0 Å². The van der Waals surface area contributed by atoms with Crippen LogP contribution in [0.3, 0.4) is 0 Å². The van der Waals surface area contributed by atoms with Crippen molar-refractivity contribution in [3.05, 3.63) is 35.3 Å². The summed E-state index contributed by atoms with van der Waals surface area (Å²) in [7, 11) is 0. The molecule has 0 spiro atoms. The molecule has 3 rings (SSSR count). The van der Waals surface area contributed by atoms with Crippen molar-refractivity contribution >= 4 is 11.3 Å². The summed E-state index contributed by atoms with van der Waals surface area (Å²) in [6.45, 7) is 2.49. The van der Waals surface area contributed by atoms with Crippen LogP contribution >= 0.6 is 11.3 Å². The van der Waals surface area contributed by atoms with E-state index in [0.29, 0.717) is 18.3 Å². The van der Waals surface area contributed by atoms with Crippen LogP contribution in [0.4, 0.5) is 0 Å². The van der Waals surface area contributed by atoms with Gasteiger partial charge in [-0.3, -0.25) is 0 Å². The summed E-state index contributed by atoms with van der Waals surface area (Å²) in [6.07, 6.45) is 3.74. The van der Waals surface area contributed by atoms with E-state index in [-0.39, 0.29) is 6.04 Å². The van der Waals surface area contributed by atoms with Gasteiger partial charge in [0.1, 0.15) is 6.54 Å². The molecule has 0 saturated carbocycles. The van der Waals surface area contributed by atoms with E-state index in [9.17, 15) is 0 Å². The number of aromatic nitrogens is 5. The maximum Gasteiger partial charge on any atom is 0.248 e. The topological polar surface area (TPSA) is 95.7 Å². The second-order valence-corrected chi connectivity index (χ2v) is 5.67. The lowest BCUT2D eigenvalue weighted by atomic mass is 10.1. The first-order valence-electron chi connectivity index (χ1n) is 6.78. The Hall–Kier alpha value is -2.06. The molecule has 0 amide bonds. The molecule has 110 valence electrons. The van der Waals surface area contributed by atoms with Gasteiger partial charge >= 0.3 is 0 Å². The number of rotatable bonds is 6. The predicted octanol–water partition coefficient (Wildman–Crippen LogP) is 2.24. The summed E-state index contributed by atoms with van der Waals surface area (Å²) in [5.41, 5.74) is 6.80. The van der Waals surface area contributed by atoms with Crippen LogP contribution in [0.15, 0.2) is 28.2 Å². The average Bonchev–Trinajstić information content (AvgIpc) is 3.20. The van der Waals surface area contributed by atoms with Crippen molar-refractivity contribution < 1.29 is 4.52 Å². The monoisotopic (exact) mass is 304 g/mol. The molecule has 0 aliphatic rings. The smallest absolute Gasteiger partial charge is 0.248 e. The molecule has 2 N–H and O–H groups in total. The average molecular weight is 304 g/mol. The highest BCUT2D eigenvalue weighted by Crippen LogP contribution is 2.21. The van der Waals surface area contributed by atoms with Gasteiger partial charge in [0.25, 0.3) is 0 Å². The molecule has 3 heterocycles. The van der Waals surface area contributed by atoms with E-state index in [0.717, 1.165) is 23.4 Å². The Morgan fingerprint density at radius 3 is 3.14 bits per heavy atom. The van der Waals surface area contributed by atoms with E-state index in [1.54, 1.807) is 16.0 Å². The lowest BCUT2D eigenvalue weighted by Gasteiger charge is -2.04. The number of thiophene rings is 1. The van der Waals surface area contributed by atoms with Crippen LogP contribution in [-0.4, -0.2) is 25.1 Å². The van der Waals surface area contributed by atoms with E-state index < -0.39 is 0 Å². The van der Waals surface area contributed by atoms with Gasteiger partial charge in [-0.2, -0.15) is 4.98 Å². The summed E-state index contributed by atoms with van der Waals surface area (Å²) in [5.74, 6) is 1.10. The number of hydrogen-bond donors (Lipinski definition) is 1. The fourth-order valence-corrected chi connectivity index (χ4v) is 2.63. The van der Waals surface area contributed by atoms with Gasteiger partial charge in [-0.05, 0) is 17.9 Å². The highest BCUT2D eigenvalue weighted by molar-refractivity contribution is 7.13. The van der Waals surface area contributed by atoms with Gasteiger partial charge in [0.2, 0.25) is 11.7 Å². The Balaban J connectivity index is 1.70. The molecule has 0 aliphatic carbocycles. The van der Waals surface area contributed by atoms with E-state index in [1.807, 2.05) is 23.7 Å². The lowest BCUT2D eigenvalue weighted by Crippen LogP contribution is -2.10. The van der Waals surface area contributed by atoms with Gasteiger partial charge in [-0.1, -0.05) is 29.8 Å². The Kier molecular flexibility index (Phi) is 4.07. The van der Waals surface area contributed by atoms with Crippen molar-refractivity contribution in [3.8, 4) is 10.7 Å². The Labute approximate surface area is 125 Å². The molecule has 1 atom stereocenters. The molecule has 8 heteroatoms. The van der Waals surface area contributed by atoms with Gasteiger partial charge in [0, 0.05) is 0 Å². The number of nitrogens with zero attached hydrogens (tertiary/aromatic N) is 5. The second kappa shape index (κ2) is 6.15. The third-order valence-corrected chi connectivity index (χ3v) is 3.91. The first-order valence-corrected chi connectivity index (χ1v) is 7.66. The molecule has 0 aliphatic heterocycles. The SMILES string of the molecule is CCCC(N)c1cn(Cc2nc(-c3cccs3)no2)nn1. The van der Waals surface area contributed by atoms with Gasteiger partial charge in [0.05, 0.1) is 22.8 Å². The predicted molar refractivity (Wildman–Crippen MR) is 78.6 cm³/mol. The Morgan fingerprint density at radius 1 is 1.48 bits per heavy atom. The molecule has 1 unspecified atom stereocenters. The minimum Gasteiger partial charge on any atom is -0.337 e. The van der Waals surface area contributed by atoms with E-state index >= 15 is 0 Å². The van der Waals surface area contributed by atoms with Crippen LogP contribution in [0.5, 0.6) is 0 Å². The molecule has 3 aromatic heterocycles. The van der Waals surface area contributed by atoms with E-state index in [2.05, 4.69) is 27.4 Å². The first-order chi connectivity index (χ1) is 10.3. The zero-order chi connectivity index (χ0) is 14.7. The third kappa shape index (κ3) is 3.17. The van der Waals surface area contributed by atoms with Crippen molar-refractivity contribution in [3.63, 3.8) is 0 Å². The standard InChI is InChI=1S/C13H16N6OS/c1-2-4-9(14)10-7-19(18-16-10)8-12-15-13(17-20-12)11-5-3-6-21-11/h3,5-7,9H,2,4,8,14H2,1H3. The molecule has 3 aromatic rings. The zero-order valence-corrected chi connectivity index (χ0v) is 12.5. The van der Waals surface area contributed by atoms with Crippen molar-refractivity contribution in [1.82, 2.24) is 25.1 Å². The summed E-state index contributed by atoms with van der Waals surface area (Å²) in [6, 6.07) is 3.83. The number of nitrogens with two attached hydrogens (primary N) is 1. The molecule has 0 radical (unpaired) electrons. The Morgan fingerprint density at radius 2 is 2.38 bits per heavy atom. The normalized spacial score (nSPS) is 12.7. The largest absolute Gasteiger partial charge is 0.337 e. The molecule has 0 saturated heterocycles.